The van der Waals surface area contributed by atoms with Gasteiger partial charge in [0, 0.05) is 19.1 Å². The van der Waals surface area contributed by atoms with Gasteiger partial charge in [0.2, 0.25) is 0 Å². The van der Waals surface area contributed by atoms with Crippen LogP contribution in [-0.2, 0) is 9.53 Å². The number of hydrogen-bond acceptors (Lipinski definition) is 2. The molecule has 1 aliphatic carbocycles. The molecule has 2 rings (SSSR count). The van der Waals surface area contributed by atoms with Gasteiger partial charge in [0.25, 0.3) is 0 Å². The van der Waals surface area contributed by atoms with Gasteiger partial charge in [-0.05, 0) is 43.9 Å². The minimum Gasteiger partial charge on any atom is -0.381 e. The van der Waals surface area contributed by atoms with Crippen LogP contribution in [0.1, 0.15) is 25.7 Å². The van der Waals surface area contributed by atoms with E-state index in [1.807, 2.05) is 0 Å². The number of carbonyl (C=O) groups excluding carboxylic acids is 1. The van der Waals surface area contributed by atoms with E-state index in [-0.39, 0.29) is 17.3 Å². The van der Waals surface area contributed by atoms with E-state index in [1.54, 1.807) is 0 Å². The summed E-state index contributed by atoms with van der Waals surface area (Å²) in [6.45, 7) is 1.01. The van der Waals surface area contributed by atoms with E-state index >= 15 is 0 Å². The van der Waals surface area contributed by atoms with Crippen molar-refractivity contribution in [1.82, 2.24) is 0 Å². The molecule has 2 nitrogen and oxygen atoms in total. The molecule has 18 heavy (non-hydrogen) atoms. The van der Waals surface area contributed by atoms with Crippen molar-refractivity contribution in [2.24, 2.45) is 5.92 Å². The van der Waals surface area contributed by atoms with Gasteiger partial charge in [-0.2, -0.15) is 0 Å². The number of Topliss-reactive ketones (excluding diaryl/α,β-unsaturated/α-hetero) is 1. The molecule has 0 amide bonds. The summed E-state index contributed by atoms with van der Waals surface area (Å²) in [4.78, 5) is 12.2. The Morgan fingerprint density at radius 1 is 1.17 bits per heavy atom. The van der Waals surface area contributed by atoms with Crippen LogP contribution in [-0.4, -0.2) is 19.0 Å². The molecule has 98 valence electrons. The highest BCUT2D eigenvalue weighted by atomic mass is 19.1. The topological polar surface area (TPSA) is 26.3 Å². The third-order valence-corrected chi connectivity index (χ3v) is 3.23. The van der Waals surface area contributed by atoms with Crippen LogP contribution < -0.4 is 0 Å². The van der Waals surface area contributed by atoms with E-state index in [9.17, 15) is 13.6 Å². The smallest absolute Gasteiger partial charge is 0.169 e. The van der Waals surface area contributed by atoms with Gasteiger partial charge in [-0.1, -0.05) is 0 Å². The Balaban J connectivity index is 2.22. The predicted molar refractivity (Wildman–Crippen MR) is 64.2 cm³/mol. The lowest BCUT2D eigenvalue weighted by atomic mass is 9.89. The summed E-state index contributed by atoms with van der Waals surface area (Å²) in [6.07, 6.45) is 5.77. The second-order valence-corrected chi connectivity index (χ2v) is 4.53. The monoisotopic (exact) mass is 254 g/mol. The van der Waals surface area contributed by atoms with E-state index in [0.29, 0.717) is 38.9 Å². The van der Waals surface area contributed by atoms with Gasteiger partial charge in [0.15, 0.2) is 5.78 Å². The van der Waals surface area contributed by atoms with E-state index in [2.05, 4.69) is 0 Å². The average molecular weight is 254 g/mol. The zero-order valence-corrected chi connectivity index (χ0v) is 10.1. The van der Waals surface area contributed by atoms with Crippen LogP contribution in [0.25, 0.3) is 0 Å². The van der Waals surface area contributed by atoms with Gasteiger partial charge in [-0.25, -0.2) is 8.78 Å². The highest BCUT2D eigenvalue weighted by Gasteiger charge is 2.27. The predicted octanol–water partition coefficient (Wildman–Crippen LogP) is 3.41. The highest BCUT2D eigenvalue weighted by molar-refractivity contribution is 6.01. The number of ketones is 1. The molecule has 0 N–H and O–H groups in total. The first-order valence-corrected chi connectivity index (χ1v) is 6.24. The Labute approximate surface area is 105 Å². The SMILES string of the molecule is O=C(C1=CC(F)=CCCC=C1F)C1CCOCC1. The van der Waals surface area contributed by atoms with Gasteiger partial charge in [0.1, 0.15) is 11.7 Å². The molecule has 0 radical (unpaired) electrons. The van der Waals surface area contributed by atoms with Crippen molar-refractivity contribution in [1.29, 1.82) is 0 Å². The van der Waals surface area contributed by atoms with Gasteiger partial charge in [-0.15, -0.1) is 0 Å². The Hall–Kier alpha value is -1.29. The lowest BCUT2D eigenvalue weighted by molar-refractivity contribution is -0.121. The highest BCUT2D eigenvalue weighted by Crippen LogP contribution is 2.27. The molecule has 1 fully saturated rings. The fourth-order valence-electron chi connectivity index (χ4n) is 2.18. The van der Waals surface area contributed by atoms with E-state index < -0.39 is 11.7 Å². The molecule has 4 heteroatoms. The van der Waals surface area contributed by atoms with Crippen molar-refractivity contribution in [2.75, 3.05) is 13.2 Å². The largest absolute Gasteiger partial charge is 0.381 e. The molecule has 1 aliphatic heterocycles. The fourth-order valence-corrected chi connectivity index (χ4v) is 2.18. The maximum Gasteiger partial charge on any atom is 0.169 e. The van der Waals surface area contributed by atoms with Crippen LogP contribution in [0.2, 0.25) is 0 Å². The molecule has 1 heterocycles. The molecular formula is C14H16F2O2. The second kappa shape index (κ2) is 6.05. The first-order valence-electron chi connectivity index (χ1n) is 6.24. The van der Waals surface area contributed by atoms with Crippen molar-refractivity contribution < 1.29 is 18.3 Å². The molecular weight excluding hydrogens is 238 g/mol. The Morgan fingerprint density at radius 3 is 2.56 bits per heavy atom. The average Bonchev–Trinajstić information content (AvgIpc) is 2.39. The summed E-state index contributed by atoms with van der Waals surface area (Å²) in [7, 11) is 0. The normalized spacial score (nSPS) is 22.4. The van der Waals surface area contributed by atoms with Crippen LogP contribution >= 0.6 is 0 Å². The standard InChI is InChI=1S/C14H16F2O2/c15-11-3-1-2-4-13(16)12(9-11)14(17)10-5-7-18-8-6-10/h3-4,9-10H,1-2,5-8H2. The number of rotatable bonds is 2. The Bertz CT molecular complexity index is 416. The molecule has 0 saturated carbocycles. The molecule has 0 unspecified atom stereocenters. The molecule has 0 bridgehead atoms. The van der Waals surface area contributed by atoms with E-state index in [1.165, 1.54) is 12.2 Å². The van der Waals surface area contributed by atoms with E-state index in [0.717, 1.165) is 6.08 Å². The number of carbonyl (C=O) groups is 1. The van der Waals surface area contributed by atoms with Crippen molar-refractivity contribution in [3.8, 4) is 0 Å². The summed E-state index contributed by atoms with van der Waals surface area (Å²) in [5, 5.41) is 0. The summed E-state index contributed by atoms with van der Waals surface area (Å²) in [5.74, 6) is -1.70. The first-order chi connectivity index (χ1) is 8.68. The summed E-state index contributed by atoms with van der Waals surface area (Å²) < 4.78 is 32.4. The quantitative estimate of drug-likeness (QED) is 0.754. The zero-order valence-electron chi connectivity index (χ0n) is 10.1. The number of ether oxygens (including phenoxy) is 1. The fraction of sp³-hybridized carbons (Fsp3) is 0.500. The summed E-state index contributed by atoms with van der Waals surface area (Å²) >= 11 is 0. The molecule has 2 aliphatic rings. The van der Waals surface area contributed by atoms with Crippen LogP contribution in [0.15, 0.2) is 35.5 Å². The first kappa shape index (κ1) is 13.1. The maximum atomic E-state index is 13.8. The van der Waals surface area contributed by atoms with Gasteiger partial charge in [0.05, 0.1) is 5.57 Å². The third kappa shape index (κ3) is 3.13. The van der Waals surface area contributed by atoms with Crippen LogP contribution in [0.3, 0.4) is 0 Å². The molecule has 0 aromatic heterocycles. The minimum atomic E-state index is -0.602. The minimum absolute atomic E-state index is 0.129. The van der Waals surface area contributed by atoms with Crippen molar-refractivity contribution >= 4 is 5.78 Å². The molecule has 0 aromatic rings. The van der Waals surface area contributed by atoms with Gasteiger partial charge >= 0.3 is 0 Å². The number of hydrogen-bond donors (Lipinski definition) is 0. The van der Waals surface area contributed by atoms with E-state index in [4.69, 9.17) is 4.74 Å². The van der Waals surface area contributed by atoms with Crippen LogP contribution in [0.5, 0.6) is 0 Å². The number of allylic oxidation sites excluding steroid dienone is 6. The lowest BCUT2D eigenvalue weighted by Crippen LogP contribution is -2.25. The van der Waals surface area contributed by atoms with Crippen LogP contribution in [0.4, 0.5) is 8.78 Å². The Kier molecular flexibility index (Phi) is 4.42. The van der Waals surface area contributed by atoms with Gasteiger partial charge in [-0.3, -0.25) is 4.79 Å². The number of halogens is 2. The molecule has 0 aromatic carbocycles. The summed E-state index contributed by atoms with van der Waals surface area (Å²) in [5.41, 5.74) is -0.129. The van der Waals surface area contributed by atoms with Crippen molar-refractivity contribution in [3.05, 3.63) is 35.5 Å². The Morgan fingerprint density at radius 2 is 1.83 bits per heavy atom. The zero-order chi connectivity index (χ0) is 13.0. The second-order valence-electron chi connectivity index (χ2n) is 4.53. The van der Waals surface area contributed by atoms with Crippen molar-refractivity contribution in [3.63, 3.8) is 0 Å². The van der Waals surface area contributed by atoms with Crippen LogP contribution in [0, 0.1) is 5.92 Å². The van der Waals surface area contributed by atoms with Gasteiger partial charge < -0.3 is 4.74 Å². The summed E-state index contributed by atoms with van der Waals surface area (Å²) in [6, 6.07) is 0. The van der Waals surface area contributed by atoms with Crippen molar-refractivity contribution in [2.45, 2.75) is 25.7 Å². The third-order valence-electron chi connectivity index (χ3n) is 3.23. The lowest BCUT2D eigenvalue weighted by Gasteiger charge is -2.21. The molecule has 0 atom stereocenters. The maximum absolute atomic E-state index is 13.8. The molecule has 1 saturated heterocycles. The molecule has 0 spiro atoms.